The van der Waals surface area contributed by atoms with Gasteiger partial charge >= 0.3 is 0 Å². The Morgan fingerprint density at radius 3 is 2.71 bits per heavy atom. The van der Waals surface area contributed by atoms with Gasteiger partial charge in [-0.2, -0.15) is 0 Å². The second-order valence-electron chi connectivity index (χ2n) is 5.45. The van der Waals surface area contributed by atoms with Crippen LogP contribution in [0.1, 0.15) is 12.5 Å². The van der Waals surface area contributed by atoms with Gasteiger partial charge < -0.3 is 4.57 Å². The van der Waals surface area contributed by atoms with Crippen molar-refractivity contribution in [3.05, 3.63) is 65.5 Å². The molecule has 0 aliphatic rings. The van der Waals surface area contributed by atoms with E-state index in [2.05, 4.69) is 81.7 Å². The van der Waals surface area contributed by atoms with Crippen LogP contribution in [0.15, 0.2) is 65.1 Å². The number of benzene rings is 2. The molecule has 2 aromatic heterocycles. The summed E-state index contributed by atoms with van der Waals surface area (Å²) in [5.74, 6) is 1.86. The van der Waals surface area contributed by atoms with Crippen LogP contribution in [-0.2, 0) is 12.3 Å². The van der Waals surface area contributed by atoms with E-state index in [-0.39, 0.29) is 0 Å². The Hall–Kier alpha value is -2.11. The van der Waals surface area contributed by atoms with Crippen LogP contribution in [-0.4, -0.2) is 14.8 Å². The molecule has 0 aliphatic carbocycles. The normalized spacial score (nSPS) is 11.2. The van der Waals surface area contributed by atoms with Gasteiger partial charge in [-0.1, -0.05) is 60.3 Å². The van der Waals surface area contributed by atoms with Crippen LogP contribution in [0.5, 0.6) is 0 Å². The minimum Gasteiger partial charge on any atom is -0.302 e. The van der Waals surface area contributed by atoms with Gasteiger partial charge in [0.25, 0.3) is 0 Å². The van der Waals surface area contributed by atoms with Gasteiger partial charge in [0.1, 0.15) is 0 Å². The fraction of sp³-hybridized carbons (Fsp3) is 0.158. The smallest absolute Gasteiger partial charge is 0.191 e. The lowest BCUT2D eigenvalue weighted by molar-refractivity contribution is 0.688. The van der Waals surface area contributed by atoms with Crippen molar-refractivity contribution in [3.8, 4) is 10.7 Å². The van der Waals surface area contributed by atoms with Gasteiger partial charge in [-0.3, -0.25) is 0 Å². The van der Waals surface area contributed by atoms with Crippen molar-refractivity contribution in [2.24, 2.45) is 0 Å². The van der Waals surface area contributed by atoms with Crippen molar-refractivity contribution in [3.63, 3.8) is 0 Å². The number of aromatic nitrogens is 3. The lowest BCUT2D eigenvalue weighted by atomic mass is 10.1. The van der Waals surface area contributed by atoms with E-state index in [1.165, 1.54) is 21.2 Å². The Balaban J connectivity index is 1.62. The van der Waals surface area contributed by atoms with Crippen LogP contribution >= 0.6 is 23.1 Å². The zero-order valence-corrected chi connectivity index (χ0v) is 15.0. The molecule has 4 rings (SSSR count). The number of rotatable bonds is 5. The van der Waals surface area contributed by atoms with Gasteiger partial charge in [0.05, 0.1) is 4.88 Å². The molecule has 0 aliphatic heterocycles. The summed E-state index contributed by atoms with van der Waals surface area (Å²) in [4.78, 5) is 1.17. The highest BCUT2D eigenvalue weighted by Crippen LogP contribution is 2.30. The molecule has 0 saturated carbocycles. The minimum absolute atomic E-state index is 0.873. The van der Waals surface area contributed by atoms with Crippen molar-refractivity contribution in [1.29, 1.82) is 0 Å². The predicted octanol–water partition coefficient (Wildman–Crippen LogP) is 5.47. The van der Waals surface area contributed by atoms with Gasteiger partial charge in [0, 0.05) is 12.3 Å². The molecule has 2 heterocycles. The molecule has 0 amide bonds. The number of hydrogen-bond donors (Lipinski definition) is 0. The van der Waals surface area contributed by atoms with Crippen molar-refractivity contribution >= 4 is 33.9 Å². The third kappa shape index (κ3) is 2.85. The average molecular weight is 352 g/mol. The van der Waals surface area contributed by atoms with E-state index in [4.69, 9.17) is 0 Å². The molecule has 0 bridgehead atoms. The van der Waals surface area contributed by atoms with Crippen LogP contribution < -0.4 is 0 Å². The first kappa shape index (κ1) is 15.4. The van der Waals surface area contributed by atoms with E-state index in [0.29, 0.717) is 0 Å². The van der Waals surface area contributed by atoms with Gasteiger partial charge in [-0.25, -0.2) is 0 Å². The quantitative estimate of drug-likeness (QED) is 0.447. The molecule has 0 radical (unpaired) electrons. The summed E-state index contributed by atoms with van der Waals surface area (Å²) in [7, 11) is 0. The molecule has 0 fully saturated rings. The maximum atomic E-state index is 4.42. The molecule has 24 heavy (non-hydrogen) atoms. The highest BCUT2D eigenvalue weighted by Gasteiger charge is 2.14. The third-order valence-corrected chi connectivity index (χ3v) is 5.89. The molecule has 0 atom stereocenters. The molecule has 0 unspecified atom stereocenters. The molecular formula is C19H17N3S2. The molecule has 0 N–H and O–H groups in total. The molecule has 4 aromatic rings. The van der Waals surface area contributed by atoms with Crippen molar-refractivity contribution in [2.45, 2.75) is 24.4 Å². The fourth-order valence-corrected chi connectivity index (χ4v) is 4.55. The zero-order valence-electron chi connectivity index (χ0n) is 13.3. The summed E-state index contributed by atoms with van der Waals surface area (Å²) in [5.41, 5.74) is 1.33. The van der Waals surface area contributed by atoms with Crippen molar-refractivity contribution < 1.29 is 0 Å². The minimum atomic E-state index is 0.873. The molecule has 0 spiro atoms. The van der Waals surface area contributed by atoms with E-state index in [0.717, 1.165) is 23.3 Å². The molecular weight excluding hydrogens is 334 g/mol. The van der Waals surface area contributed by atoms with Crippen LogP contribution in [0.4, 0.5) is 0 Å². The highest BCUT2D eigenvalue weighted by molar-refractivity contribution is 7.98. The standard InChI is InChI=1S/C19H17N3S2/c1-2-22-18(17-11-6-12-23-17)20-21-19(22)24-13-15-9-5-8-14-7-3-4-10-16(14)15/h3-12H,2,13H2,1H3. The van der Waals surface area contributed by atoms with Crippen LogP contribution in [0, 0.1) is 0 Å². The van der Waals surface area contributed by atoms with Crippen molar-refractivity contribution in [1.82, 2.24) is 14.8 Å². The van der Waals surface area contributed by atoms with Crippen LogP contribution in [0.2, 0.25) is 0 Å². The second-order valence-corrected chi connectivity index (χ2v) is 7.34. The summed E-state index contributed by atoms with van der Waals surface area (Å²) in [6.45, 7) is 3.01. The zero-order chi connectivity index (χ0) is 16.4. The maximum Gasteiger partial charge on any atom is 0.191 e. The number of thiophene rings is 1. The first-order valence-corrected chi connectivity index (χ1v) is 9.80. The largest absolute Gasteiger partial charge is 0.302 e. The Bertz CT molecular complexity index is 953. The van der Waals surface area contributed by atoms with Crippen LogP contribution in [0.3, 0.4) is 0 Å². The Kier molecular flexibility index (Phi) is 4.36. The van der Waals surface area contributed by atoms with Crippen molar-refractivity contribution in [2.75, 3.05) is 0 Å². The summed E-state index contributed by atoms with van der Waals surface area (Å²) in [6, 6.07) is 19.2. The maximum absolute atomic E-state index is 4.42. The van der Waals surface area contributed by atoms with Crippen LogP contribution in [0.25, 0.3) is 21.5 Å². The second kappa shape index (κ2) is 6.79. The number of thioether (sulfide) groups is 1. The van der Waals surface area contributed by atoms with Gasteiger partial charge in [-0.05, 0) is 34.7 Å². The van der Waals surface area contributed by atoms with E-state index in [1.807, 2.05) is 0 Å². The number of nitrogens with zero attached hydrogens (tertiary/aromatic N) is 3. The summed E-state index contributed by atoms with van der Waals surface area (Å²) >= 11 is 3.45. The first-order valence-electron chi connectivity index (χ1n) is 7.93. The molecule has 2 aromatic carbocycles. The van der Waals surface area contributed by atoms with E-state index < -0.39 is 0 Å². The number of fused-ring (bicyclic) bond motifs is 1. The topological polar surface area (TPSA) is 30.7 Å². The Morgan fingerprint density at radius 2 is 1.88 bits per heavy atom. The van der Waals surface area contributed by atoms with E-state index in [1.54, 1.807) is 23.1 Å². The molecule has 120 valence electrons. The highest BCUT2D eigenvalue weighted by atomic mass is 32.2. The number of hydrogen-bond acceptors (Lipinski definition) is 4. The summed E-state index contributed by atoms with van der Waals surface area (Å²) < 4.78 is 2.20. The van der Waals surface area contributed by atoms with Gasteiger partial charge in [0.2, 0.25) is 0 Å². The van der Waals surface area contributed by atoms with Gasteiger partial charge in [-0.15, -0.1) is 21.5 Å². The lowest BCUT2D eigenvalue weighted by Crippen LogP contribution is -1.99. The summed E-state index contributed by atoms with van der Waals surface area (Å²) in [6.07, 6.45) is 0. The molecule has 3 nitrogen and oxygen atoms in total. The monoisotopic (exact) mass is 351 g/mol. The average Bonchev–Trinajstić information content (AvgIpc) is 3.28. The molecule has 5 heteroatoms. The third-order valence-electron chi connectivity index (χ3n) is 4.01. The first-order chi connectivity index (χ1) is 11.9. The predicted molar refractivity (Wildman–Crippen MR) is 103 cm³/mol. The fourth-order valence-electron chi connectivity index (χ4n) is 2.83. The van der Waals surface area contributed by atoms with E-state index >= 15 is 0 Å². The Labute approximate surface area is 149 Å². The summed E-state index contributed by atoms with van der Waals surface area (Å²) in [5, 5.41) is 14.5. The SMILES string of the molecule is CCn1c(SCc2cccc3ccccc23)nnc1-c1cccs1. The molecule has 0 saturated heterocycles. The van der Waals surface area contributed by atoms with E-state index in [9.17, 15) is 0 Å². The Morgan fingerprint density at radius 1 is 1.00 bits per heavy atom. The van der Waals surface area contributed by atoms with Gasteiger partial charge in [0.15, 0.2) is 11.0 Å². The lowest BCUT2D eigenvalue weighted by Gasteiger charge is -2.08.